The third-order valence-electron chi connectivity index (χ3n) is 2.32. The first-order valence-electron chi connectivity index (χ1n) is 5.49. The lowest BCUT2D eigenvalue weighted by Crippen LogP contribution is -2.22. The predicted molar refractivity (Wildman–Crippen MR) is 66.3 cm³/mol. The van der Waals surface area contributed by atoms with Crippen LogP contribution in [0.4, 0.5) is 0 Å². The molecule has 0 aliphatic carbocycles. The number of sulfone groups is 1. The van der Waals surface area contributed by atoms with Crippen molar-refractivity contribution >= 4 is 15.7 Å². The van der Waals surface area contributed by atoms with E-state index in [2.05, 4.69) is 5.32 Å². The van der Waals surface area contributed by atoms with Crippen LogP contribution in [-0.2, 0) is 21.2 Å². The molecule has 1 aromatic carbocycles. The Balaban J connectivity index is 2.60. The lowest BCUT2D eigenvalue weighted by atomic mass is 10.2. The van der Waals surface area contributed by atoms with Gasteiger partial charge in [-0.15, -0.1) is 0 Å². The first kappa shape index (κ1) is 13.7. The van der Waals surface area contributed by atoms with Gasteiger partial charge in [0.25, 0.3) is 0 Å². The van der Waals surface area contributed by atoms with E-state index in [1.165, 1.54) is 6.26 Å². The number of hydrogen-bond acceptors (Lipinski definition) is 3. The maximum atomic E-state index is 11.2. The molecule has 5 heteroatoms. The second kappa shape index (κ2) is 5.82. The van der Waals surface area contributed by atoms with Gasteiger partial charge in [-0.1, -0.05) is 19.1 Å². The molecule has 17 heavy (non-hydrogen) atoms. The Kier molecular flexibility index (Phi) is 4.69. The van der Waals surface area contributed by atoms with Crippen molar-refractivity contribution in [2.45, 2.75) is 31.2 Å². The zero-order chi connectivity index (χ0) is 12.9. The molecule has 1 aromatic rings. The minimum absolute atomic E-state index is 0.0136. The van der Waals surface area contributed by atoms with Crippen LogP contribution in [0.15, 0.2) is 29.2 Å². The van der Waals surface area contributed by atoms with Gasteiger partial charge in [-0.3, -0.25) is 4.79 Å². The van der Waals surface area contributed by atoms with Gasteiger partial charge >= 0.3 is 0 Å². The van der Waals surface area contributed by atoms with Crippen molar-refractivity contribution in [2.24, 2.45) is 0 Å². The van der Waals surface area contributed by atoms with Gasteiger partial charge in [-0.25, -0.2) is 8.42 Å². The van der Waals surface area contributed by atoms with Crippen LogP contribution < -0.4 is 5.32 Å². The summed E-state index contributed by atoms with van der Waals surface area (Å²) in [5.41, 5.74) is 0.891. The van der Waals surface area contributed by atoms with E-state index in [0.717, 1.165) is 12.0 Å². The van der Waals surface area contributed by atoms with E-state index in [9.17, 15) is 13.2 Å². The van der Waals surface area contributed by atoms with Gasteiger partial charge in [0, 0.05) is 19.2 Å². The topological polar surface area (TPSA) is 63.2 Å². The van der Waals surface area contributed by atoms with Crippen LogP contribution in [0.25, 0.3) is 0 Å². The lowest BCUT2D eigenvalue weighted by molar-refractivity contribution is -0.121. The fourth-order valence-electron chi connectivity index (χ4n) is 1.37. The van der Waals surface area contributed by atoms with Crippen molar-refractivity contribution < 1.29 is 13.2 Å². The van der Waals surface area contributed by atoms with E-state index in [4.69, 9.17) is 0 Å². The molecular formula is C12H17NO3S. The summed E-state index contributed by atoms with van der Waals surface area (Å²) in [5, 5.41) is 2.77. The van der Waals surface area contributed by atoms with Crippen molar-refractivity contribution in [1.82, 2.24) is 5.32 Å². The van der Waals surface area contributed by atoms with E-state index >= 15 is 0 Å². The third-order valence-corrected chi connectivity index (χ3v) is 3.45. The number of hydrogen-bond donors (Lipinski definition) is 1. The van der Waals surface area contributed by atoms with Gasteiger partial charge in [0.15, 0.2) is 9.84 Å². The molecule has 0 fully saturated rings. The molecule has 0 aliphatic heterocycles. The Labute approximate surface area is 102 Å². The van der Waals surface area contributed by atoms with Crippen LogP contribution in [0.5, 0.6) is 0 Å². The molecule has 0 radical (unpaired) electrons. The van der Waals surface area contributed by atoms with Crippen LogP contribution >= 0.6 is 0 Å². The van der Waals surface area contributed by atoms with Crippen molar-refractivity contribution in [3.05, 3.63) is 29.8 Å². The highest BCUT2D eigenvalue weighted by atomic mass is 32.2. The highest BCUT2D eigenvalue weighted by Gasteiger charge is 2.06. The highest BCUT2D eigenvalue weighted by Crippen LogP contribution is 2.10. The summed E-state index contributed by atoms with van der Waals surface area (Å²) in [7, 11) is -3.15. The summed E-state index contributed by atoms with van der Waals surface area (Å²) in [4.78, 5) is 11.5. The predicted octanol–water partition coefficient (Wildman–Crippen LogP) is 1.51. The summed E-state index contributed by atoms with van der Waals surface area (Å²) in [6, 6.07) is 6.53. The Morgan fingerprint density at radius 1 is 1.24 bits per heavy atom. The molecule has 0 bridgehead atoms. The molecule has 0 heterocycles. The molecule has 4 nitrogen and oxygen atoms in total. The molecule has 0 unspecified atom stereocenters. The SMILES string of the molecule is CCCC(=O)NCc1ccc(S(C)(=O)=O)cc1. The number of nitrogens with one attached hydrogen (secondary N) is 1. The number of carbonyl (C=O) groups excluding carboxylic acids is 1. The Morgan fingerprint density at radius 2 is 1.82 bits per heavy atom. The maximum Gasteiger partial charge on any atom is 0.220 e. The lowest BCUT2D eigenvalue weighted by Gasteiger charge is -2.05. The van der Waals surface area contributed by atoms with E-state index in [-0.39, 0.29) is 5.91 Å². The average Bonchev–Trinajstić information content (AvgIpc) is 2.26. The molecule has 0 aliphatic rings. The molecule has 1 N–H and O–H groups in total. The summed E-state index contributed by atoms with van der Waals surface area (Å²) < 4.78 is 22.5. The third kappa shape index (κ3) is 4.56. The van der Waals surface area contributed by atoms with Gasteiger partial charge in [0.2, 0.25) is 5.91 Å². The smallest absolute Gasteiger partial charge is 0.220 e. The zero-order valence-electron chi connectivity index (χ0n) is 10.1. The largest absolute Gasteiger partial charge is 0.352 e. The first-order chi connectivity index (χ1) is 7.93. The van der Waals surface area contributed by atoms with Crippen molar-refractivity contribution in [2.75, 3.05) is 6.26 Å². The normalized spacial score (nSPS) is 11.2. The first-order valence-corrected chi connectivity index (χ1v) is 7.38. The molecule has 0 atom stereocenters. The number of rotatable bonds is 5. The fourth-order valence-corrected chi connectivity index (χ4v) is 2.00. The number of carbonyl (C=O) groups is 1. The molecule has 94 valence electrons. The van der Waals surface area contributed by atoms with Gasteiger partial charge in [-0.2, -0.15) is 0 Å². The van der Waals surface area contributed by atoms with E-state index in [1.807, 2.05) is 6.92 Å². The highest BCUT2D eigenvalue weighted by molar-refractivity contribution is 7.90. The Bertz CT molecular complexity index is 477. The summed E-state index contributed by atoms with van der Waals surface area (Å²) in [5.74, 6) is 0.0136. The van der Waals surface area contributed by atoms with Gasteiger partial charge in [-0.05, 0) is 24.1 Å². The van der Waals surface area contributed by atoms with E-state index in [0.29, 0.717) is 17.9 Å². The molecule has 1 amide bonds. The monoisotopic (exact) mass is 255 g/mol. The Morgan fingerprint density at radius 3 is 2.29 bits per heavy atom. The van der Waals surface area contributed by atoms with Crippen molar-refractivity contribution in [3.63, 3.8) is 0 Å². The summed E-state index contributed by atoms with van der Waals surface area (Å²) in [6.07, 6.45) is 2.51. The van der Waals surface area contributed by atoms with Crippen LogP contribution in [0.2, 0.25) is 0 Å². The van der Waals surface area contributed by atoms with Gasteiger partial charge in [0.1, 0.15) is 0 Å². The Hall–Kier alpha value is -1.36. The van der Waals surface area contributed by atoms with Crippen molar-refractivity contribution in [1.29, 1.82) is 0 Å². The standard InChI is InChI=1S/C12H17NO3S/c1-3-4-12(14)13-9-10-5-7-11(8-6-10)17(2,15)16/h5-8H,3-4,9H2,1-2H3,(H,13,14). The van der Waals surface area contributed by atoms with Crippen LogP contribution in [0.3, 0.4) is 0 Å². The zero-order valence-corrected chi connectivity index (χ0v) is 10.9. The summed E-state index contributed by atoms with van der Waals surface area (Å²) in [6.45, 7) is 2.38. The maximum absolute atomic E-state index is 11.2. The molecule has 0 spiro atoms. The fraction of sp³-hybridized carbons (Fsp3) is 0.417. The molecular weight excluding hydrogens is 238 g/mol. The second-order valence-electron chi connectivity index (χ2n) is 3.94. The van der Waals surface area contributed by atoms with Crippen LogP contribution in [-0.4, -0.2) is 20.6 Å². The molecule has 0 saturated carbocycles. The molecule has 0 aromatic heterocycles. The molecule has 0 saturated heterocycles. The quantitative estimate of drug-likeness (QED) is 0.867. The minimum Gasteiger partial charge on any atom is -0.352 e. The van der Waals surface area contributed by atoms with Gasteiger partial charge in [0.05, 0.1) is 4.90 Å². The number of amides is 1. The number of benzene rings is 1. The van der Waals surface area contributed by atoms with Crippen LogP contribution in [0, 0.1) is 0 Å². The second-order valence-corrected chi connectivity index (χ2v) is 5.96. The average molecular weight is 255 g/mol. The van der Waals surface area contributed by atoms with Crippen molar-refractivity contribution in [3.8, 4) is 0 Å². The minimum atomic E-state index is -3.15. The molecule has 1 rings (SSSR count). The van der Waals surface area contributed by atoms with Crippen LogP contribution in [0.1, 0.15) is 25.3 Å². The van der Waals surface area contributed by atoms with E-state index in [1.54, 1.807) is 24.3 Å². The van der Waals surface area contributed by atoms with Gasteiger partial charge < -0.3 is 5.32 Å². The van der Waals surface area contributed by atoms with E-state index < -0.39 is 9.84 Å². The summed E-state index contributed by atoms with van der Waals surface area (Å²) >= 11 is 0.